The van der Waals surface area contributed by atoms with Crippen molar-refractivity contribution in [3.63, 3.8) is 0 Å². The van der Waals surface area contributed by atoms with Crippen molar-refractivity contribution in [3.05, 3.63) is 23.5 Å². The molecule has 1 aromatic heterocycles. The summed E-state index contributed by atoms with van der Waals surface area (Å²) in [7, 11) is 1.68. The summed E-state index contributed by atoms with van der Waals surface area (Å²) < 4.78 is 9.58. The Bertz CT molecular complexity index is 928. The van der Waals surface area contributed by atoms with Gasteiger partial charge < -0.3 is 4.74 Å². The van der Waals surface area contributed by atoms with Crippen LogP contribution in [-0.4, -0.2) is 83.5 Å². The lowest BCUT2D eigenvalue weighted by atomic mass is 10.1. The molecule has 0 aromatic carbocycles. The Labute approximate surface area is 177 Å². The van der Waals surface area contributed by atoms with Crippen LogP contribution in [0.5, 0.6) is 0 Å². The molecule has 0 aliphatic carbocycles. The summed E-state index contributed by atoms with van der Waals surface area (Å²) >= 11 is 0. The second-order valence-electron chi connectivity index (χ2n) is 8.40. The minimum Gasteiger partial charge on any atom is -0.379 e. The maximum atomic E-state index is 13.3. The molecule has 0 N–H and O–H groups in total. The van der Waals surface area contributed by atoms with Crippen LogP contribution >= 0.6 is 0 Å². The number of morpholine rings is 1. The second-order valence-corrected chi connectivity index (χ2v) is 8.40. The van der Waals surface area contributed by atoms with Gasteiger partial charge in [-0.15, -0.1) is 0 Å². The molecule has 9 nitrogen and oxygen atoms in total. The summed E-state index contributed by atoms with van der Waals surface area (Å²) in [4.78, 5) is 36.0. The van der Waals surface area contributed by atoms with E-state index in [2.05, 4.69) is 23.0 Å². The monoisotopic (exact) mass is 415 g/mol. The van der Waals surface area contributed by atoms with Crippen LogP contribution in [0.1, 0.15) is 30.8 Å². The van der Waals surface area contributed by atoms with Gasteiger partial charge in [-0.2, -0.15) is 0 Å². The van der Waals surface area contributed by atoms with E-state index in [9.17, 15) is 9.59 Å². The topological polar surface area (TPSA) is 74.3 Å². The zero-order chi connectivity index (χ0) is 21.6. The Morgan fingerprint density at radius 3 is 2.63 bits per heavy atom. The van der Waals surface area contributed by atoms with Crippen molar-refractivity contribution in [2.75, 3.05) is 46.4 Å². The molecule has 1 aromatic rings. The van der Waals surface area contributed by atoms with Gasteiger partial charge in [0.2, 0.25) is 11.9 Å². The van der Waals surface area contributed by atoms with E-state index in [1.54, 1.807) is 7.05 Å². The molecule has 0 radical (unpaired) electrons. The fraction of sp³-hybridized carbons (Fsp3) is 0.619. The lowest BCUT2D eigenvalue weighted by Gasteiger charge is -2.33. The third-order valence-electron chi connectivity index (χ3n) is 6.21. The third-order valence-corrected chi connectivity index (χ3v) is 6.21. The van der Waals surface area contributed by atoms with Crippen molar-refractivity contribution in [1.82, 2.24) is 19.3 Å². The van der Waals surface area contributed by atoms with Crippen LogP contribution in [-0.2, 0) is 16.1 Å². The van der Waals surface area contributed by atoms with E-state index >= 15 is 0 Å². The zero-order valence-corrected chi connectivity index (χ0v) is 18.3. The molecule has 2 saturated heterocycles. The number of ether oxygens (including phenoxy) is 1. The molecule has 9 heteroatoms. The number of aliphatic imine (C=N–C) groups is 1. The molecule has 2 fully saturated rings. The number of urea groups is 1. The number of rotatable bonds is 6. The maximum Gasteiger partial charge on any atom is 0.402 e. The Morgan fingerprint density at radius 2 is 1.97 bits per heavy atom. The highest BCUT2D eigenvalue weighted by Gasteiger charge is 2.54. The third kappa shape index (κ3) is 3.35. The Balaban J connectivity index is 1.60. The van der Waals surface area contributed by atoms with E-state index < -0.39 is 6.04 Å². The van der Waals surface area contributed by atoms with Crippen molar-refractivity contribution in [3.8, 4) is 0 Å². The van der Waals surface area contributed by atoms with Gasteiger partial charge >= 0.3 is 12.0 Å². The van der Waals surface area contributed by atoms with E-state index in [0.717, 1.165) is 68.7 Å². The first-order valence-corrected chi connectivity index (χ1v) is 10.5. The molecule has 4 heterocycles. The molecule has 162 valence electrons. The predicted molar refractivity (Wildman–Crippen MR) is 112 cm³/mol. The lowest BCUT2D eigenvalue weighted by molar-refractivity contribution is -0.689. The fourth-order valence-electron chi connectivity index (χ4n) is 4.46. The average Bonchev–Trinajstić information content (AvgIpc) is 3.22. The van der Waals surface area contributed by atoms with Crippen molar-refractivity contribution in [2.24, 2.45) is 4.99 Å². The van der Waals surface area contributed by atoms with E-state index in [1.807, 2.05) is 18.4 Å². The van der Waals surface area contributed by atoms with Gasteiger partial charge in [0.05, 0.1) is 26.3 Å². The molecule has 3 aliphatic rings. The maximum absolute atomic E-state index is 13.3. The fourth-order valence-corrected chi connectivity index (χ4v) is 4.46. The number of likely N-dealkylation sites (N-methyl/N-ethyl adjacent to an activating group) is 1. The molecular formula is C21H31N6O3+. The summed E-state index contributed by atoms with van der Waals surface area (Å²) in [6, 6.07) is -0.946. The van der Waals surface area contributed by atoms with Crippen LogP contribution < -0.4 is 4.57 Å². The Morgan fingerprint density at radius 1 is 1.27 bits per heavy atom. The van der Waals surface area contributed by atoms with Gasteiger partial charge in [-0.25, -0.2) is 13.9 Å². The van der Waals surface area contributed by atoms with Crippen LogP contribution in [0, 0.1) is 13.8 Å². The van der Waals surface area contributed by atoms with Crippen LogP contribution in [0.2, 0.25) is 0 Å². The van der Waals surface area contributed by atoms with E-state index in [-0.39, 0.29) is 18.5 Å². The number of imidazole rings is 1. The molecule has 3 aliphatic heterocycles. The molecule has 1 unspecified atom stereocenters. The zero-order valence-electron chi connectivity index (χ0n) is 18.3. The molecular weight excluding hydrogens is 384 g/mol. The molecule has 1 atom stereocenters. The van der Waals surface area contributed by atoms with Crippen LogP contribution in [0.15, 0.2) is 17.1 Å². The first kappa shape index (κ1) is 20.7. The SMILES string of the molecule is C=C(C)CN1C(=O)C2C(=Nc3n2c(C)c(C)[n+]3CCCN2CCOCC2)N(C)C1=O. The highest BCUT2D eigenvalue weighted by Crippen LogP contribution is 2.35. The van der Waals surface area contributed by atoms with Gasteiger partial charge in [0.25, 0.3) is 5.91 Å². The number of carbonyl (C=O) groups is 2. The van der Waals surface area contributed by atoms with E-state index in [1.165, 1.54) is 9.80 Å². The number of amides is 3. The number of aromatic nitrogens is 2. The standard InChI is InChI=1S/C21H31N6O3/c1-14(2)13-26-19(28)17-18(23(5)21(26)29)22-20-25(15(3)16(4)27(17)20)8-6-7-24-9-11-30-12-10-24/h17H,1,6-13H2,2-5H3/q+1. The summed E-state index contributed by atoms with van der Waals surface area (Å²) in [6.07, 6.45) is 0.988. The van der Waals surface area contributed by atoms with Crippen LogP contribution in [0.3, 0.4) is 0 Å². The largest absolute Gasteiger partial charge is 0.402 e. The summed E-state index contributed by atoms with van der Waals surface area (Å²) in [5, 5.41) is 0. The number of hydrogen-bond donors (Lipinski definition) is 0. The van der Waals surface area contributed by atoms with E-state index in [4.69, 9.17) is 9.73 Å². The van der Waals surface area contributed by atoms with Crippen LogP contribution in [0.25, 0.3) is 0 Å². The number of hydrogen-bond acceptors (Lipinski definition) is 5. The summed E-state index contributed by atoms with van der Waals surface area (Å²) in [6.45, 7) is 15.3. The van der Waals surface area contributed by atoms with Crippen LogP contribution in [0.4, 0.5) is 10.7 Å². The first-order chi connectivity index (χ1) is 14.3. The average molecular weight is 416 g/mol. The highest BCUT2D eigenvalue weighted by atomic mass is 16.5. The number of carbonyl (C=O) groups excluding carboxylic acids is 2. The summed E-state index contributed by atoms with van der Waals surface area (Å²) in [5.74, 6) is 1.01. The number of nitrogens with zero attached hydrogens (tertiary/aromatic N) is 6. The van der Waals surface area contributed by atoms with Crippen molar-refractivity contribution >= 4 is 23.7 Å². The molecule has 4 rings (SSSR count). The lowest BCUT2D eigenvalue weighted by Crippen LogP contribution is -2.58. The number of amidine groups is 1. The minimum atomic E-state index is -0.596. The molecule has 0 saturated carbocycles. The summed E-state index contributed by atoms with van der Waals surface area (Å²) in [5.41, 5.74) is 2.88. The van der Waals surface area contributed by atoms with E-state index in [0.29, 0.717) is 5.84 Å². The quantitative estimate of drug-likeness (QED) is 0.516. The Kier molecular flexibility index (Phi) is 5.50. The molecule has 0 spiro atoms. The van der Waals surface area contributed by atoms with Gasteiger partial charge in [0.15, 0.2) is 0 Å². The van der Waals surface area contributed by atoms with Gasteiger partial charge in [0, 0.05) is 26.7 Å². The normalized spacial score (nSPS) is 21.7. The van der Waals surface area contributed by atoms with Crippen molar-refractivity contribution in [2.45, 2.75) is 39.8 Å². The second kappa shape index (κ2) is 7.96. The first-order valence-electron chi connectivity index (χ1n) is 10.5. The molecule has 3 amide bonds. The van der Waals surface area contributed by atoms with Gasteiger partial charge in [0.1, 0.15) is 11.4 Å². The molecule has 0 bridgehead atoms. The smallest absolute Gasteiger partial charge is 0.379 e. The predicted octanol–water partition coefficient (Wildman–Crippen LogP) is 1.17. The van der Waals surface area contributed by atoms with Crippen molar-refractivity contribution in [1.29, 1.82) is 0 Å². The van der Waals surface area contributed by atoms with Gasteiger partial charge in [-0.1, -0.05) is 17.1 Å². The number of fused-ring (bicyclic) bond motifs is 3. The Hall–Kier alpha value is -2.52. The van der Waals surface area contributed by atoms with Gasteiger partial charge in [-0.05, 0) is 27.2 Å². The van der Waals surface area contributed by atoms with Gasteiger partial charge in [-0.3, -0.25) is 19.5 Å². The van der Waals surface area contributed by atoms with Crippen molar-refractivity contribution < 1.29 is 18.9 Å². The number of imide groups is 1. The molecule has 30 heavy (non-hydrogen) atoms. The highest BCUT2D eigenvalue weighted by molar-refractivity contribution is 6.20. The minimum absolute atomic E-state index is 0.222.